The highest BCUT2D eigenvalue weighted by molar-refractivity contribution is 9.10. The fourth-order valence-electron chi connectivity index (χ4n) is 1.48. The van der Waals surface area contributed by atoms with Crippen LogP contribution >= 0.6 is 15.9 Å². The molecule has 18 heavy (non-hydrogen) atoms. The number of hydrogen-bond acceptors (Lipinski definition) is 3. The Hall–Kier alpha value is -1.30. The van der Waals surface area contributed by atoms with Crippen molar-refractivity contribution in [1.29, 1.82) is 0 Å². The molecule has 0 saturated carbocycles. The summed E-state index contributed by atoms with van der Waals surface area (Å²) < 4.78 is 18.8. The van der Waals surface area contributed by atoms with E-state index in [2.05, 4.69) is 15.9 Å². The highest BCUT2D eigenvalue weighted by Crippen LogP contribution is 2.28. The number of hydrogen-bond donors (Lipinski definition) is 1. The topological polar surface area (TPSA) is 55.6 Å². The van der Waals surface area contributed by atoms with E-state index in [0.29, 0.717) is 13.1 Å². The lowest BCUT2D eigenvalue weighted by molar-refractivity contribution is -0.132. The quantitative estimate of drug-likeness (QED) is 0.848. The van der Waals surface area contributed by atoms with Gasteiger partial charge in [0.1, 0.15) is 11.6 Å². The van der Waals surface area contributed by atoms with Crippen LogP contribution < -0.4 is 10.5 Å². The van der Waals surface area contributed by atoms with E-state index in [1.165, 1.54) is 6.07 Å². The monoisotopic (exact) mass is 318 g/mol. The SMILES string of the molecule is CCN(CC)C(=O)COc1cc(F)c(Br)cc1N. The van der Waals surface area contributed by atoms with Crippen molar-refractivity contribution >= 4 is 27.5 Å². The van der Waals surface area contributed by atoms with Gasteiger partial charge in [0, 0.05) is 19.2 Å². The minimum Gasteiger partial charge on any atom is -0.482 e. The van der Waals surface area contributed by atoms with Gasteiger partial charge in [0.15, 0.2) is 6.61 Å². The van der Waals surface area contributed by atoms with Crippen molar-refractivity contribution in [2.45, 2.75) is 13.8 Å². The Balaban J connectivity index is 2.69. The molecular weight excluding hydrogens is 303 g/mol. The van der Waals surface area contributed by atoms with Crippen LogP contribution in [0, 0.1) is 5.82 Å². The average Bonchev–Trinajstić information content (AvgIpc) is 2.33. The number of benzene rings is 1. The molecule has 1 rings (SSSR count). The third-order valence-corrected chi connectivity index (χ3v) is 3.13. The predicted molar refractivity (Wildman–Crippen MR) is 71.9 cm³/mol. The molecule has 0 aliphatic rings. The Morgan fingerprint density at radius 1 is 1.44 bits per heavy atom. The minimum absolute atomic E-state index is 0.146. The van der Waals surface area contributed by atoms with Crippen molar-refractivity contribution in [3.05, 3.63) is 22.4 Å². The second kappa shape index (κ2) is 6.58. The van der Waals surface area contributed by atoms with E-state index in [1.54, 1.807) is 4.90 Å². The predicted octanol–water partition coefficient (Wildman–Crippen LogP) is 2.42. The van der Waals surface area contributed by atoms with E-state index in [0.717, 1.165) is 6.07 Å². The third kappa shape index (κ3) is 3.60. The van der Waals surface area contributed by atoms with E-state index >= 15 is 0 Å². The lowest BCUT2D eigenvalue weighted by atomic mass is 10.3. The normalized spacial score (nSPS) is 10.2. The van der Waals surface area contributed by atoms with Crippen LogP contribution in [-0.4, -0.2) is 30.5 Å². The number of carbonyl (C=O) groups is 1. The van der Waals surface area contributed by atoms with Crippen molar-refractivity contribution in [3.63, 3.8) is 0 Å². The smallest absolute Gasteiger partial charge is 0.260 e. The maximum atomic E-state index is 13.3. The number of ether oxygens (including phenoxy) is 1. The van der Waals surface area contributed by atoms with Crippen molar-refractivity contribution in [2.24, 2.45) is 0 Å². The van der Waals surface area contributed by atoms with Crippen molar-refractivity contribution < 1.29 is 13.9 Å². The minimum atomic E-state index is -0.477. The Bertz CT molecular complexity index is 436. The van der Waals surface area contributed by atoms with E-state index in [1.807, 2.05) is 13.8 Å². The van der Waals surface area contributed by atoms with Gasteiger partial charge in [0.25, 0.3) is 5.91 Å². The van der Waals surface area contributed by atoms with Gasteiger partial charge in [-0.05, 0) is 35.8 Å². The molecule has 1 aromatic carbocycles. The van der Waals surface area contributed by atoms with Crippen molar-refractivity contribution in [1.82, 2.24) is 4.90 Å². The van der Waals surface area contributed by atoms with Crippen LogP contribution in [0.25, 0.3) is 0 Å². The maximum absolute atomic E-state index is 13.3. The number of amides is 1. The van der Waals surface area contributed by atoms with Crippen LogP contribution in [0.3, 0.4) is 0 Å². The molecule has 4 nitrogen and oxygen atoms in total. The molecule has 0 atom stereocenters. The van der Waals surface area contributed by atoms with Crippen LogP contribution in [0.5, 0.6) is 5.75 Å². The van der Waals surface area contributed by atoms with Crippen molar-refractivity contribution in [3.8, 4) is 5.75 Å². The zero-order chi connectivity index (χ0) is 13.7. The van der Waals surface area contributed by atoms with E-state index < -0.39 is 5.82 Å². The molecule has 0 bridgehead atoms. The number of carbonyl (C=O) groups excluding carboxylic acids is 1. The highest BCUT2D eigenvalue weighted by Gasteiger charge is 2.12. The van der Waals surface area contributed by atoms with Gasteiger partial charge in [-0.3, -0.25) is 4.79 Å². The van der Waals surface area contributed by atoms with Gasteiger partial charge in [0.05, 0.1) is 10.2 Å². The van der Waals surface area contributed by atoms with Gasteiger partial charge in [-0.1, -0.05) is 0 Å². The molecule has 0 unspecified atom stereocenters. The third-order valence-electron chi connectivity index (χ3n) is 2.52. The molecular formula is C12H16BrFN2O2. The zero-order valence-corrected chi connectivity index (χ0v) is 12.0. The highest BCUT2D eigenvalue weighted by atomic mass is 79.9. The molecule has 0 heterocycles. The molecule has 0 aliphatic carbocycles. The van der Waals surface area contributed by atoms with E-state index in [9.17, 15) is 9.18 Å². The molecule has 1 aromatic rings. The zero-order valence-electron chi connectivity index (χ0n) is 10.4. The van der Waals surface area contributed by atoms with Gasteiger partial charge in [-0.2, -0.15) is 0 Å². The first-order valence-corrected chi connectivity index (χ1v) is 6.44. The lowest BCUT2D eigenvalue weighted by Crippen LogP contribution is -2.34. The summed E-state index contributed by atoms with van der Waals surface area (Å²) >= 11 is 3.02. The van der Waals surface area contributed by atoms with Crippen LogP contribution in [0.1, 0.15) is 13.8 Å². The van der Waals surface area contributed by atoms with Crippen LogP contribution in [0.15, 0.2) is 16.6 Å². The first kappa shape index (κ1) is 14.8. The van der Waals surface area contributed by atoms with Gasteiger partial charge in [-0.25, -0.2) is 4.39 Å². The summed E-state index contributed by atoms with van der Waals surface area (Å²) in [4.78, 5) is 13.3. The summed E-state index contributed by atoms with van der Waals surface area (Å²) in [6.45, 7) is 4.85. The molecule has 0 aliphatic heterocycles. The summed E-state index contributed by atoms with van der Waals surface area (Å²) in [5.74, 6) is -0.451. The maximum Gasteiger partial charge on any atom is 0.260 e. The summed E-state index contributed by atoms with van der Waals surface area (Å²) in [6.07, 6.45) is 0. The first-order valence-electron chi connectivity index (χ1n) is 5.64. The molecule has 0 radical (unpaired) electrons. The number of nitrogens with zero attached hydrogens (tertiary/aromatic N) is 1. The summed E-state index contributed by atoms with van der Waals surface area (Å²) in [6, 6.07) is 2.57. The van der Waals surface area contributed by atoms with Gasteiger partial charge < -0.3 is 15.4 Å². The Kier molecular flexibility index (Phi) is 5.40. The molecule has 0 fully saturated rings. The van der Waals surface area contributed by atoms with E-state index in [4.69, 9.17) is 10.5 Å². The standard InChI is InChI=1S/C12H16BrFN2O2/c1-3-16(4-2)12(17)7-18-11-6-9(14)8(13)5-10(11)15/h5-6H,3-4,7,15H2,1-2H3. The van der Waals surface area contributed by atoms with Crippen LogP contribution in [-0.2, 0) is 4.79 Å². The molecule has 100 valence electrons. The second-order valence-corrected chi connectivity index (χ2v) is 4.51. The van der Waals surface area contributed by atoms with Gasteiger partial charge >= 0.3 is 0 Å². The molecule has 0 saturated heterocycles. The van der Waals surface area contributed by atoms with Crippen LogP contribution in [0.4, 0.5) is 10.1 Å². The Morgan fingerprint density at radius 2 is 2.06 bits per heavy atom. The molecule has 0 spiro atoms. The summed E-state index contributed by atoms with van der Waals surface area (Å²) in [5.41, 5.74) is 5.96. The second-order valence-electron chi connectivity index (χ2n) is 3.66. The summed E-state index contributed by atoms with van der Waals surface area (Å²) in [7, 11) is 0. The fraction of sp³-hybridized carbons (Fsp3) is 0.417. The van der Waals surface area contributed by atoms with Gasteiger partial charge in [0.2, 0.25) is 0 Å². The fourth-order valence-corrected chi connectivity index (χ4v) is 1.84. The van der Waals surface area contributed by atoms with Crippen LogP contribution in [0.2, 0.25) is 0 Å². The number of nitrogen functional groups attached to an aromatic ring is 1. The number of nitrogens with two attached hydrogens (primary N) is 1. The Morgan fingerprint density at radius 3 is 2.61 bits per heavy atom. The molecule has 2 N–H and O–H groups in total. The van der Waals surface area contributed by atoms with E-state index in [-0.39, 0.29) is 28.4 Å². The van der Waals surface area contributed by atoms with Crippen molar-refractivity contribution in [2.75, 3.05) is 25.4 Å². The Labute approximate surface area is 114 Å². The molecule has 0 aromatic heterocycles. The number of rotatable bonds is 5. The average molecular weight is 319 g/mol. The lowest BCUT2D eigenvalue weighted by Gasteiger charge is -2.19. The number of anilines is 1. The first-order chi connectivity index (χ1) is 8.49. The number of likely N-dealkylation sites (N-methyl/N-ethyl adjacent to an activating group) is 1. The van der Waals surface area contributed by atoms with Gasteiger partial charge in [-0.15, -0.1) is 0 Å². The largest absolute Gasteiger partial charge is 0.482 e. The molecule has 6 heteroatoms. The summed E-state index contributed by atoms with van der Waals surface area (Å²) in [5, 5.41) is 0. The number of halogens is 2. The molecule has 1 amide bonds.